The van der Waals surface area contributed by atoms with Crippen LogP contribution < -0.4 is 10.6 Å². The van der Waals surface area contributed by atoms with E-state index in [1.807, 2.05) is 0 Å². The van der Waals surface area contributed by atoms with Crippen LogP contribution in [-0.4, -0.2) is 34.0 Å². The van der Waals surface area contributed by atoms with Crippen molar-refractivity contribution in [1.29, 1.82) is 0 Å². The molecule has 0 saturated heterocycles. The van der Waals surface area contributed by atoms with Crippen LogP contribution in [0.5, 0.6) is 0 Å². The van der Waals surface area contributed by atoms with Gasteiger partial charge in [0.2, 0.25) is 5.91 Å². The Labute approximate surface area is 121 Å². The monoisotopic (exact) mass is 295 g/mol. The van der Waals surface area contributed by atoms with Gasteiger partial charge in [0.15, 0.2) is 0 Å². The number of nitro groups is 1. The molecule has 0 fully saturated rings. The van der Waals surface area contributed by atoms with Gasteiger partial charge >= 0.3 is 5.97 Å². The van der Waals surface area contributed by atoms with Crippen molar-refractivity contribution in [2.24, 2.45) is 0 Å². The third kappa shape index (κ3) is 4.16. The van der Waals surface area contributed by atoms with Gasteiger partial charge < -0.3 is 15.7 Å². The number of carbonyl (C=O) groups excluding carboxylic acids is 1. The zero-order valence-electron chi connectivity index (χ0n) is 11.9. The van der Waals surface area contributed by atoms with Crippen LogP contribution >= 0.6 is 0 Å². The SMILES string of the molecule is CC(C)NC(=O)C(C)Nc1c(C(=O)O)cccc1[N+](=O)[O-]. The third-order valence-corrected chi connectivity index (χ3v) is 2.65. The van der Waals surface area contributed by atoms with E-state index in [1.54, 1.807) is 13.8 Å². The maximum Gasteiger partial charge on any atom is 0.338 e. The van der Waals surface area contributed by atoms with Crippen molar-refractivity contribution in [3.63, 3.8) is 0 Å². The zero-order chi connectivity index (χ0) is 16.2. The molecule has 1 atom stereocenters. The number of rotatable bonds is 6. The van der Waals surface area contributed by atoms with Crippen LogP contribution in [0.1, 0.15) is 31.1 Å². The van der Waals surface area contributed by atoms with Crippen LogP contribution in [0.4, 0.5) is 11.4 Å². The molecular formula is C13H17N3O5. The molecule has 0 bridgehead atoms. The first-order valence-corrected chi connectivity index (χ1v) is 6.31. The van der Waals surface area contributed by atoms with E-state index in [0.29, 0.717) is 0 Å². The van der Waals surface area contributed by atoms with Crippen LogP contribution in [0.2, 0.25) is 0 Å². The third-order valence-electron chi connectivity index (χ3n) is 2.65. The van der Waals surface area contributed by atoms with Gasteiger partial charge in [-0.1, -0.05) is 6.07 Å². The molecule has 1 rings (SSSR count). The molecule has 0 aliphatic heterocycles. The number of anilines is 1. The van der Waals surface area contributed by atoms with Crippen molar-refractivity contribution < 1.29 is 19.6 Å². The summed E-state index contributed by atoms with van der Waals surface area (Å²) in [7, 11) is 0. The summed E-state index contributed by atoms with van der Waals surface area (Å²) in [6, 6.07) is 2.80. The Bertz CT molecular complexity index is 539. The number of benzene rings is 1. The van der Waals surface area contributed by atoms with E-state index in [0.717, 1.165) is 0 Å². The second-order valence-electron chi connectivity index (χ2n) is 4.79. The van der Waals surface area contributed by atoms with E-state index >= 15 is 0 Å². The zero-order valence-corrected chi connectivity index (χ0v) is 11.9. The summed E-state index contributed by atoms with van der Waals surface area (Å²) in [4.78, 5) is 33.3. The Balaban J connectivity index is 3.13. The largest absolute Gasteiger partial charge is 0.478 e. The number of carboxylic acid groups (broad SMARTS) is 1. The van der Waals surface area contributed by atoms with Crippen LogP contribution in [-0.2, 0) is 4.79 Å². The number of carboxylic acids is 1. The fraction of sp³-hybridized carbons (Fsp3) is 0.385. The summed E-state index contributed by atoms with van der Waals surface area (Å²) < 4.78 is 0. The Morgan fingerprint density at radius 2 is 1.90 bits per heavy atom. The number of nitrogens with zero attached hydrogens (tertiary/aromatic N) is 1. The quantitative estimate of drug-likeness (QED) is 0.541. The number of hydrogen-bond acceptors (Lipinski definition) is 5. The molecule has 0 aliphatic rings. The average Bonchev–Trinajstić information content (AvgIpc) is 2.37. The molecular weight excluding hydrogens is 278 g/mol. The Morgan fingerprint density at radius 1 is 1.29 bits per heavy atom. The fourth-order valence-electron chi connectivity index (χ4n) is 1.71. The molecule has 8 heteroatoms. The first-order valence-electron chi connectivity index (χ1n) is 6.31. The van der Waals surface area contributed by atoms with Gasteiger partial charge in [-0.25, -0.2) is 4.79 Å². The number of nitrogens with one attached hydrogen (secondary N) is 2. The minimum Gasteiger partial charge on any atom is -0.478 e. The van der Waals surface area contributed by atoms with Gasteiger partial charge in [-0.15, -0.1) is 0 Å². The van der Waals surface area contributed by atoms with Gasteiger partial charge in [-0.3, -0.25) is 14.9 Å². The molecule has 0 radical (unpaired) electrons. The summed E-state index contributed by atoms with van der Waals surface area (Å²) in [5, 5.41) is 25.4. The van der Waals surface area contributed by atoms with E-state index in [2.05, 4.69) is 10.6 Å². The van der Waals surface area contributed by atoms with Crippen LogP contribution in [0.15, 0.2) is 18.2 Å². The van der Waals surface area contributed by atoms with Crippen LogP contribution in [0.3, 0.4) is 0 Å². The molecule has 1 unspecified atom stereocenters. The van der Waals surface area contributed by atoms with E-state index in [9.17, 15) is 19.7 Å². The normalized spacial score (nSPS) is 11.8. The molecule has 0 aliphatic carbocycles. The lowest BCUT2D eigenvalue weighted by Crippen LogP contribution is -2.41. The maximum atomic E-state index is 11.8. The predicted octanol–water partition coefficient (Wildman–Crippen LogP) is 1.62. The first kappa shape index (κ1) is 16.4. The first-order chi connectivity index (χ1) is 9.73. The molecule has 0 heterocycles. The van der Waals surface area contributed by atoms with Crippen molar-refractivity contribution in [3.05, 3.63) is 33.9 Å². The number of nitro benzene ring substituents is 1. The molecule has 114 valence electrons. The Hall–Kier alpha value is -2.64. The minimum atomic E-state index is -1.31. The fourth-order valence-corrected chi connectivity index (χ4v) is 1.71. The van der Waals surface area contributed by atoms with Gasteiger partial charge in [0.05, 0.1) is 10.5 Å². The van der Waals surface area contributed by atoms with Crippen molar-refractivity contribution in [3.8, 4) is 0 Å². The highest BCUT2D eigenvalue weighted by molar-refractivity contribution is 5.98. The lowest BCUT2D eigenvalue weighted by molar-refractivity contribution is -0.384. The number of para-hydroxylation sites is 1. The van der Waals surface area contributed by atoms with Gasteiger partial charge in [-0.05, 0) is 26.8 Å². The van der Waals surface area contributed by atoms with Crippen LogP contribution in [0, 0.1) is 10.1 Å². The maximum absolute atomic E-state index is 11.8. The molecule has 1 aromatic carbocycles. The number of amides is 1. The molecule has 3 N–H and O–H groups in total. The highest BCUT2D eigenvalue weighted by atomic mass is 16.6. The molecule has 1 aromatic rings. The molecule has 0 spiro atoms. The molecule has 1 amide bonds. The summed E-state index contributed by atoms with van der Waals surface area (Å²) >= 11 is 0. The number of hydrogen-bond donors (Lipinski definition) is 3. The van der Waals surface area contributed by atoms with Gasteiger partial charge in [0.25, 0.3) is 5.69 Å². The second kappa shape index (κ2) is 6.69. The standard InChI is InChI=1S/C13H17N3O5/c1-7(2)14-12(17)8(3)15-11-9(13(18)19)5-4-6-10(11)16(20)21/h4-8,15H,1-3H3,(H,14,17)(H,18,19). The second-order valence-corrected chi connectivity index (χ2v) is 4.79. The summed E-state index contributed by atoms with van der Waals surface area (Å²) in [5.41, 5.74) is -0.825. The molecule has 8 nitrogen and oxygen atoms in total. The highest BCUT2D eigenvalue weighted by Crippen LogP contribution is 2.29. The summed E-state index contributed by atoms with van der Waals surface area (Å²) in [6.07, 6.45) is 0. The average molecular weight is 295 g/mol. The van der Waals surface area contributed by atoms with Gasteiger partial charge in [0.1, 0.15) is 11.7 Å². The van der Waals surface area contributed by atoms with Crippen molar-refractivity contribution in [2.45, 2.75) is 32.9 Å². The lowest BCUT2D eigenvalue weighted by Gasteiger charge is -2.18. The Morgan fingerprint density at radius 3 is 2.38 bits per heavy atom. The highest BCUT2D eigenvalue weighted by Gasteiger charge is 2.24. The van der Waals surface area contributed by atoms with Crippen molar-refractivity contribution >= 4 is 23.3 Å². The van der Waals surface area contributed by atoms with Gasteiger partial charge in [0, 0.05) is 12.1 Å². The van der Waals surface area contributed by atoms with E-state index in [-0.39, 0.29) is 28.9 Å². The molecule has 0 saturated carbocycles. The number of aromatic carboxylic acids is 1. The molecule has 21 heavy (non-hydrogen) atoms. The summed E-state index contributed by atoms with van der Waals surface area (Å²) in [5.74, 6) is -1.68. The predicted molar refractivity (Wildman–Crippen MR) is 76.4 cm³/mol. The Kier molecular flexibility index (Phi) is 5.23. The van der Waals surface area contributed by atoms with Crippen molar-refractivity contribution in [1.82, 2.24) is 5.32 Å². The lowest BCUT2D eigenvalue weighted by atomic mass is 10.1. The minimum absolute atomic E-state index is 0.0912. The van der Waals surface area contributed by atoms with E-state index < -0.39 is 16.9 Å². The number of carbonyl (C=O) groups is 2. The topological polar surface area (TPSA) is 122 Å². The van der Waals surface area contributed by atoms with E-state index in [4.69, 9.17) is 5.11 Å². The summed E-state index contributed by atoms with van der Waals surface area (Å²) in [6.45, 7) is 5.05. The van der Waals surface area contributed by atoms with Gasteiger partial charge in [-0.2, -0.15) is 0 Å². The van der Waals surface area contributed by atoms with Crippen LogP contribution in [0.25, 0.3) is 0 Å². The van der Waals surface area contributed by atoms with Crippen molar-refractivity contribution in [2.75, 3.05) is 5.32 Å². The smallest absolute Gasteiger partial charge is 0.338 e. The van der Waals surface area contributed by atoms with E-state index in [1.165, 1.54) is 25.1 Å². The molecule has 0 aromatic heterocycles.